The van der Waals surface area contributed by atoms with Crippen molar-refractivity contribution < 1.29 is 17.9 Å². The first-order valence-electron chi connectivity index (χ1n) is 6.85. The summed E-state index contributed by atoms with van der Waals surface area (Å²) >= 11 is 0. The number of piperidine rings is 1. The molecule has 1 fully saturated rings. The Hall–Kier alpha value is -1.63. The fourth-order valence-electron chi connectivity index (χ4n) is 2.46. The predicted octanol–water partition coefficient (Wildman–Crippen LogP) is 0.810. The number of sulfone groups is 1. The summed E-state index contributed by atoms with van der Waals surface area (Å²) in [6.07, 6.45) is 4.43. The van der Waals surface area contributed by atoms with E-state index < -0.39 is 9.84 Å². The molecule has 0 bridgehead atoms. The van der Waals surface area contributed by atoms with E-state index in [0.29, 0.717) is 25.9 Å². The Balaban J connectivity index is 1.96. The second-order valence-electron chi connectivity index (χ2n) is 5.29. The molecule has 0 radical (unpaired) electrons. The van der Waals surface area contributed by atoms with Crippen molar-refractivity contribution in [2.24, 2.45) is 0 Å². The van der Waals surface area contributed by atoms with Crippen LogP contribution in [0.2, 0.25) is 0 Å². The largest absolute Gasteiger partial charge is 0.469 e. The van der Waals surface area contributed by atoms with Crippen LogP contribution in [0.3, 0.4) is 0 Å². The van der Waals surface area contributed by atoms with Crippen LogP contribution < -0.4 is 4.90 Å². The van der Waals surface area contributed by atoms with Gasteiger partial charge in [0, 0.05) is 25.5 Å². The van der Waals surface area contributed by atoms with Gasteiger partial charge in [-0.3, -0.25) is 4.79 Å². The van der Waals surface area contributed by atoms with Crippen LogP contribution in [-0.2, 0) is 25.8 Å². The Morgan fingerprint density at radius 1 is 1.38 bits per heavy atom. The number of anilines is 1. The standard InChI is InChI=1S/C14H20N2O4S/c1-20-14(17)9-11-3-4-13(15-10-11)16-7-5-12(6-8-16)21(2,18)19/h3-4,10,12H,5-9H2,1-2H3. The van der Waals surface area contributed by atoms with Gasteiger partial charge in [-0.25, -0.2) is 13.4 Å². The first-order chi connectivity index (χ1) is 9.90. The molecule has 2 rings (SSSR count). The predicted molar refractivity (Wildman–Crippen MR) is 80.0 cm³/mol. The first-order valence-corrected chi connectivity index (χ1v) is 8.81. The van der Waals surface area contributed by atoms with Crippen molar-refractivity contribution in [1.29, 1.82) is 0 Å². The van der Waals surface area contributed by atoms with Gasteiger partial charge in [0.2, 0.25) is 0 Å². The van der Waals surface area contributed by atoms with Crippen LogP contribution >= 0.6 is 0 Å². The maximum atomic E-state index is 11.5. The quantitative estimate of drug-likeness (QED) is 0.766. The second-order valence-corrected chi connectivity index (χ2v) is 7.62. The van der Waals surface area contributed by atoms with E-state index in [1.54, 1.807) is 6.20 Å². The fraction of sp³-hybridized carbons (Fsp3) is 0.571. The fourth-order valence-corrected chi connectivity index (χ4v) is 3.53. The number of carbonyl (C=O) groups is 1. The average Bonchev–Trinajstić information content (AvgIpc) is 2.47. The van der Waals surface area contributed by atoms with Crippen molar-refractivity contribution in [2.45, 2.75) is 24.5 Å². The topological polar surface area (TPSA) is 76.6 Å². The maximum Gasteiger partial charge on any atom is 0.310 e. The molecule has 21 heavy (non-hydrogen) atoms. The van der Waals surface area contributed by atoms with Crippen LogP contribution in [0.1, 0.15) is 18.4 Å². The number of carbonyl (C=O) groups excluding carboxylic acids is 1. The van der Waals surface area contributed by atoms with E-state index in [0.717, 1.165) is 11.4 Å². The van der Waals surface area contributed by atoms with Gasteiger partial charge in [0.25, 0.3) is 0 Å². The highest BCUT2D eigenvalue weighted by atomic mass is 32.2. The molecule has 0 atom stereocenters. The molecule has 0 spiro atoms. The van der Waals surface area contributed by atoms with E-state index in [4.69, 9.17) is 0 Å². The van der Waals surface area contributed by atoms with E-state index in [9.17, 15) is 13.2 Å². The van der Waals surface area contributed by atoms with E-state index in [1.807, 2.05) is 12.1 Å². The number of hydrogen-bond acceptors (Lipinski definition) is 6. The Bertz CT molecular complexity index is 590. The molecule has 0 amide bonds. The van der Waals surface area contributed by atoms with Crippen LogP contribution in [0.25, 0.3) is 0 Å². The molecule has 2 heterocycles. The van der Waals surface area contributed by atoms with Crippen LogP contribution in [0.4, 0.5) is 5.82 Å². The number of pyridine rings is 1. The molecule has 1 aliphatic rings. The molecule has 0 saturated carbocycles. The summed E-state index contributed by atoms with van der Waals surface area (Å²) in [6, 6.07) is 3.71. The van der Waals surface area contributed by atoms with E-state index in [2.05, 4.69) is 14.6 Å². The summed E-state index contributed by atoms with van der Waals surface area (Å²) in [6.45, 7) is 1.36. The average molecular weight is 312 g/mol. The van der Waals surface area contributed by atoms with Gasteiger partial charge in [0.15, 0.2) is 0 Å². The minimum absolute atomic E-state index is 0.208. The molecular formula is C14H20N2O4S. The van der Waals surface area contributed by atoms with Crippen molar-refractivity contribution in [3.05, 3.63) is 23.9 Å². The number of aromatic nitrogens is 1. The van der Waals surface area contributed by atoms with Crippen LogP contribution in [0.5, 0.6) is 0 Å². The van der Waals surface area contributed by atoms with Gasteiger partial charge < -0.3 is 9.64 Å². The van der Waals surface area contributed by atoms with Crippen molar-refractivity contribution in [3.8, 4) is 0 Å². The van der Waals surface area contributed by atoms with Gasteiger partial charge in [-0.1, -0.05) is 6.07 Å². The molecule has 1 aromatic heterocycles. The van der Waals surface area contributed by atoms with Gasteiger partial charge in [0.05, 0.1) is 18.8 Å². The number of rotatable bonds is 4. The zero-order chi connectivity index (χ0) is 15.5. The lowest BCUT2D eigenvalue weighted by Gasteiger charge is -2.31. The Kier molecular flexibility index (Phi) is 4.82. The molecule has 6 nitrogen and oxygen atoms in total. The summed E-state index contributed by atoms with van der Waals surface area (Å²) in [5.74, 6) is 0.522. The molecular weight excluding hydrogens is 292 g/mol. The molecule has 1 aliphatic heterocycles. The van der Waals surface area contributed by atoms with Gasteiger partial charge in [0.1, 0.15) is 15.7 Å². The molecule has 1 saturated heterocycles. The number of nitrogens with zero attached hydrogens (tertiary/aromatic N) is 2. The zero-order valence-corrected chi connectivity index (χ0v) is 13.1. The van der Waals surface area contributed by atoms with Crippen molar-refractivity contribution in [1.82, 2.24) is 4.98 Å². The van der Waals surface area contributed by atoms with Gasteiger partial charge in [-0.2, -0.15) is 0 Å². The Morgan fingerprint density at radius 2 is 2.05 bits per heavy atom. The number of esters is 1. The number of ether oxygens (including phenoxy) is 1. The Labute approximate surface area is 125 Å². The maximum absolute atomic E-state index is 11.5. The molecule has 0 aliphatic carbocycles. The van der Waals surface area contributed by atoms with E-state index >= 15 is 0 Å². The third-order valence-corrected chi connectivity index (χ3v) is 5.44. The third-order valence-electron chi connectivity index (χ3n) is 3.76. The minimum atomic E-state index is -2.95. The van der Waals surface area contributed by atoms with Crippen LogP contribution in [-0.4, -0.2) is 51.1 Å². The lowest BCUT2D eigenvalue weighted by Crippen LogP contribution is -2.39. The van der Waals surface area contributed by atoms with Gasteiger partial charge in [-0.15, -0.1) is 0 Å². The lowest BCUT2D eigenvalue weighted by atomic mass is 10.1. The zero-order valence-electron chi connectivity index (χ0n) is 12.3. The van der Waals surface area contributed by atoms with Crippen LogP contribution in [0.15, 0.2) is 18.3 Å². The van der Waals surface area contributed by atoms with Crippen molar-refractivity contribution in [3.63, 3.8) is 0 Å². The smallest absolute Gasteiger partial charge is 0.310 e. The summed E-state index contributed by atoms with van der Waals surface area (Å²) < 4.78 is 27.7. The van der Waals surface area contributed by atoms with Gasteiger partial charge in [-0.05, 0) is 24.5 Å². The van der Waals surface area contributed by atoms with E-state index in [1.165, 1.54) is 13.4 Å². The van der Waals surface area contributed by atoms with Gasteiger partial charge >= 0.3 is 5.97 Å². The van der Waals surface area contributed by atoms with Crippen LogP contribution in [0, 0.1) is 0 Å². The number of hydrogen-bond donors (Lipinski definition) is 0. The molecule has 0 N–H and O–H groups in total. The normalized spacial score (nSPS) is 16.8. The van der Waals surface area contributed by atoms with E-state index in [-0.39, 0.29) is 17.6 Å². The summed E-state index contributed by atoms with van der Waals surface area (Å²) in [5, 5.41) is -0.243. The Morgan fingerprint density at radius 3 is 2.52 bits per heavy atom. The highest BCUT2D eigenvalue weighted by Gasteiger charge is 2.27. The molecule has 116 valence electrons. The first kappa shape index (κ1) is 15.8. The monoisotopic (exact) mass is 312 g/mol. The highest BCUT2D eigenvalue weighted by molar-refractivity contribution is 7.91. The summed E-state index contributed by atoms with van der Waals surface area (Å²) in [7, 11) is -1.60. The molecule has 7 heteroatoms. The van der Waals surface area contributed by atoms with Crippen molar-refractivity contribution in [2.75, 3.05) is 31.4 Å². The summed E-state index contributed by atoms with van der Waals surface area (Å²) in [5.41, 5.74) is 0.802. The molecule has 0 aromatic carbocycles. The van der Waals surface area contributed by atoms with Crippen molar-refractivity contribution >= 4 is 21.6 Å². The third kappa shape index (κ3) is 4.17. The highest BCUT2D eigenvalue weighted by Crippen LogP contribution is 2.21. The minimum Gasteiger partial charge on any atom is -0.469 e. The summed E-state index contributed by atoms with van der Waals surface area (Å²) in [4.78, 5) is 17.6. The second kappa shape index (κ2) is 6.43. The molecule has 0 unspecified atom stereocenters. The lowest BCUT2D eigenvalue weighted by molar-refractivity contribution is -0.139. The molecule has 1 aromatic rings. The SMILES string of the molecule is COC(=O)Cc1ccc(N2CCC(S(C)(=O)=O)CC2)nc1. The number of methoxy groups -OCH3 is 1.